The fraction of sp³-hybridized carbons (Fsp3) is 1.00. The molecule has 0 aliphatic rings. The SMILES string of the molecule is CO[C@@H](CC(Br)Br)C(C)C. The Labute approximate surface area is 79.8 Å². The Hall–Kier alpha value is 0.920. The highest BCUT2D eigenvalue weighted by Gasteiger charge is 2.14. The van der Waals surface area contributed by atoms with Gasteiger partial charge in [-0.1, -0.05) is 45.7 Å². The lowest BCUT2D eigenvalue weighted by Crippen LogP contribution is -2.19. The highest BCUT2D eigenvalue weighted by Crippen LogP contribution is 2.20. The van der Waals surface area contributed by atoms with Crippen LogP contribution < -0.4 is 0 Å². The van der Waals surface area contributed by atoms with Crippen molar-refractivity contribution in [3.8, 4) is 0 Å². The van der Waals surface area contributed by atoms with Crippen LogP contribution >= 0.6 is 31.9 Å². The van der Waals surface area contributed by atoms with Crippen LogP contribution in [0.5, 0.6) is 0 Å². The van der Waals surface area contributed by atoms with E-state index in [0.29, 0.717) is 15.8 Å². The molecule has 0 bridgehead atoms. The molecule has 1 atom stereocenters. The molecule has 0 aromatic rings. The lowest BCUT2D eigenvalue weighted by Gasteiger charge is -2.19. The summed E-state index contributed by atoms with van der Waals surface area (Å²) in [5.74, 6) is 0.586. The summed E-state index contributed by atoms with van der Waals surface area (Å²) in [6.45, 7) is 4.33. The summed E-state index contributed by atoms with van der Waals surface area (Å²) in [5, 5.41) is 0. The van der Waals surface area contributed by atoms with Crippen LogP contribution in [0.3, 0.4) is 0 Å². The second-order valence-corrected chi connectivity index (χ2v) is 6.08. The normalized spacial score (nSPS) is 14.7. The summed E-state index contributed by atoms with van der Waals surface area (Å²) in [6, 6.07) is 0. The standard InChI is InChI=1S/C7H14Br2O/c1-5(2)6(10-3)4-7(8)9/h5-7H,4H2,1-3H3/t6-/m0/s1. The molecule has 3 heteroatoms. The van der Waals surface area contributed by atoms with E-state index in [4.69, 9.17) is 4.74 Å². The quantitative estimate of drug-likeness (QED) is 0.715. The first-order valence-electron chi connectivity index (χ1n) is 3.38. The summed E-state index contributed by atoms with van der Waals surface area (Å²) in [4.78, 5) is 0. The zero-order valence-corrected chi connectivity index (χ0v) is 9.78. The minimum Gasteiger partial charge on any atom is -0.381 e. The van der Waals surface area contributed by atoms with Crippen LogP contribution in [0.25, 0.3) is 0 Å². The summed E-state index contributed by atoms with van der Waals surface area (Å²) in [5.41, 5.74) is 0. The number of halogens is 2. The number of hydrogen-bond acceptors (Lipinski definition) is 1. The third-order valence-corrected chi connectivity index (χ3v) is 2.20. The van der Waals surface area contributed by atoms with Crippen LogP contribution in [0.2, 0.25) is 0 Å². The van der Waals surface area contributed by atoms with Crippen molar-refractivity contribution in [2.24, 2.45) is 5.92 Å². The van der Waals surface area contributed by atoms with E-state index < -0.39 is 0 Å². The Morgan fingerprint density at radius 2 is 1.80 bits per heavy atom. The topological polar surface area (TPSA) is 9.23 Å². The smallest absolute Gasteiger partial charge is 0.0722 e. The molecular weight excluding hydrogens is 260 g/mol. The molecule has 0 aromatic heterocycles. The van der Waals surface area contributed by atoms with Crippen molar-refractivity contribution in [1.82, 2.24) is 0 Å². The van der Waals surface area contributed by atoms with Gasteiger partial charge in [0.15, 0.2) is 0 Å². The highest BCUT2D eigenvalue weighted by atomic mass is 79.9. The number of hydrogen-bond donors (Lipinski definition) is 0. The van der Waals surface area contributed by atoms with Gasteiger partial charge in [0.05, 0.1) is 9.84 Å². The summed E-state index contributed by atoms with van der Waals surface area (Å²) in [6.07, 6.45) is 1.36. The van der Waals surface area contributed by atoms with Crippen molar-refractivity contribution < 1.29 is 4.74 Å². The second-order valence-electron chi connectivity index (χ2n) is 2.64. The highest BCUT2D eigenvalue weighted by molar-refractivity contribution is 9.24. The molecule has 0 spiro atoms. The van der Waals surface area contributed by atoms with E-state index in [-0.39, 0.29) is 0 Å². The minimum atomic E-state index is 0.351. The largest absolute Gasteiger partial charge is 0.381 e. The zero-order chi connectivity index (χ0) is 8.15. The van der Waals surface area contributed by atoms with Crippen molar-refractivity contribution in [1.29, 1.82) is 0 Å². The predicted octanol–water partition coefficient (Wildman–Crippen LogP) is 3.16. The molecule has 1 nitrogen and oxygen atoms in total. The molecule has 0 heterocycles. The number of rotatable bonds is 4. The maximum Gasteiger partial charge on any atom is 0.0722 e. The molecule has 0 rings (SSSR count). The molecule has 0 unspecified atom stereocenters. The van der Waals surface area contributed by atoms with Gasteiger partial charge in [-0.25, -0.2) is 0 Å². The lowest BCUT2D eigenvalue weighted by atomic mass is 10.1. The Morgan fingerprint density at radius 1 is 1.30 bits per heavy atom. The van der Waals surface area contributed by atoms with Crippen LogP contribution in [-0.2, 0) is 4.74 Å². The molecule has 0 fully saturated rings. The van der Waals surface area contributed by atoms with Crippen LogP contribution in [-0.4, -0.2) is 17.0 Å². The molecule has 0 saturated carbocycles. The molecule has 0 saturated heterocycles. The molecule has 10 heavy (non-hydrogen) atoms. The van der Waals surface area contributed by atoms with E-state index in [9.17, 15) is 0 Å². The van der Waals surface area contributed by atoms with Gasteiger partial charge in [0.25, 0.3) is 0 Å². The second kappa shape index (κ2) is 5.56. The predicted molar refractivity (Wildman–Crippen MR) is 51.9 cm³/mol. The first-order chi connectivity index (χ1) is 4.57. The van der Waals surface area contributed by atoms with Crippen LogP contribution in [0, 0.1) is 5.92 Å². The summed E-state index contributed by atoms with van der Waals surface area (Å²) >= 11 is 6.84. The maximum absolute atomic E-state index is 5.26. The molecule has 0 amide bonds. The van der Waals surface area contributed by atoms with Gasteiger partial charge in [-0.05, 0) is 12.3 Å². The molecular formula is C7H14Br2O. The van der Waals surface area contributed by atoms with E-state index in [1.54, 1.807) is 7.11 Å². The third kappa shape index (κ3) is 4.69. The molecule has 0 radical (unpaired) electrons. The minimum absolute atomic E-state index is 0.351. The van der Waals surface area contributed by atoms with E-state index in [1.807, 2.05) is 0 Å². The Bertz CT molecular complexity index is 83.7. The Morgan fingerprint density at radius 3 is 1.90 bits per heavy atom. The fourth-order valence-corrected chi connectivity index (χ4v) is 1.55. The third-order valence-electron chi connectivity index (χ3n) is 1.46. The average Bonchev–Trinajstić information content (AvgIpc) is 1.81. The van der Waals surface area contributed by atoms with E-state index >= 15 is 0 Å². The molecule has 0 aromatic carbocycles. The van der Waals surface area contributed by atoms with E-state index in [0.717, 1.165) is 6.42 Å². The number of alkyl halides is 2. The van der Waals surface area contributed by atoms with E-state index in [2.05, 4.69) is 45.7 Å². The van der Waals surface area contributed by atoms with Gasteiger partial charge in [0, 0.05) is 7.11 Å². The van der Waals surface area contributed by atoms with Crippen LogP contribution in [0.15, 0.2) is 0 Å². The van der Waals surface area contributed by atoms with E-state index in [1.165, 1.54) is 0 Å². The van der Waals surface area contributed by atoms with Gasteiger partial charge < -0.3 is 4.74 Å². The van der Waals surface area contributed by atoms with Crippen LogP contribution in [0.1, 0.15) is 20.3 Å². The molecule has 62 valence electrons. The first-order valence-corrected chi connectivity index (χ1v) is 5.22. The van der Waals surface area contributed by atoms with Crippen molar-refractivity contribution in [2.45, 2.75) is 30.1 Å². The van der Waals surface area contributed by atoms with Crippen molar-refractivity contribution in [3.05, 3.63) is 0 Å². The van der Waals surface area contributed by atoms with Gasteiger partial charge in [0.2, 0.25) is 0 Å². The van der Waals surface area contributed by atoms with Gasteiger partial charge in [0.1, 0.15) is 0 Å². The fourth-order valence-electron chi connectivity index (χ4n) is 0.816. The summed E-state index contributed by atoms with van der Waals surface area (Å²) < 4.78 is 5.63. The first kappa shape index (κ1) is 10.9. The van der Waals surface area contributed by atoms with Gasteiger partial charge in [-0.2, -0.15) is 0 Å². The van der Waals surface area contributed by atoms with Gasteiger partial charge >= 0.3 is 0 Å². The Balaban J connectivity index is 3.60. The van der Waals surface area contributed by atoms with Gasteiger partial charge in [-0.3, -0.25) is 0 Å². The molecule has 0 N–H and O–H groups in total. The van der Waals surface area contributed by atoms with Crippen molar-refractivity contribution in [3.63, 3.8) is 0 Å². The van der Waals surface area contributed by atoms with Crippen molar-refractivity contribution in [2.75, 3.05) is 7.11 Å². The molecule has 0 aliphatic carbocycles. The number of ether oxygens (including phenoxy) is 1. The summed E-state index contributed by atoms with van der Waals surface area (Å²) in [7, 11) is 1.76. The molecule has 0 aliphatic heterocycles. The lowest BCUT2D eigenvalue weighted by molar-refractivity contribution is 0.0622. The zero-order valence-electron chi connectivity index (χ0n) is 6.60. The van der Waals surface area contributed by atoms with Gasteiger partial charge in [-0.15, -0.1) is 0 Å². The maximum atomic E-state index is 5.26. The Kier molecular flexibility index (Phi) is 6.07. The van der Waals surface area contributed by atoms with Crippen LogP contribution in [0.4, 0.5) is 0 Å². The monoisotopic (exact) mass is 272 g/mol. The van der Waals surface area contributed by atoms with Crippen molar-refractivity contribution >= 4 is 31.9 Å². The number of methoxy groups -OCH3 is 1. The average molecular weight is 274 g/mol.